The Balaban J connectivity index is 2.01. The van der Waals surface area contributed by atoms with Gasteiger partial charge in [-0.2, -0.15) is 0 Å². The van der Waals surface area contributed by atoms with E-state index in [1.54, 1.807) is 6.92 Å². The van der Waals surface area contributed by atoms with Crippen molar-refractivity contribution in [2.75, 3.05) is 5.32 Å². The Bertz CT molecular complexity index is 743. The van der Waals surface area contributed by atoms with Gasteiger partial charge in [-0.05, 0) is 78.9 Å². The van der Waals surface area contributed by atoms with Crippen molar-refractivity contribution in [2.24, 2.45) is 0 Å². The Morgan fingerprint density at radius 3 is 2.60 bits per heavy atom. The van der Waals surface area contributed by atoms with Gasteiger partial charge in [0.1, 0.15) is 5.75 Å². The average molecular weight is 404 g/mol. The molecule has 25 heavy (non-hydrogen) atoms. The maximum atomic E-state index is 12.4. The summed E-state index contributed by atoms with van der Waals surface area (Å²) in [5, 5.41) is 2.93. The van der Waals surface area contributed by atoms with E-state index in [4.69, 9.17) is 4.74 Å². The van der Waals surface area contributed by atoms with Gasteiger partial charge in [-0.1, -0.05) is 37.1 Å². The molecule has 0 radical (unpaired) electrons. The van der Waals surface area contributed by atoms with Gasteiger partial charge in [0.05, 0.1) is 5.69 Å². The van der Waals surface area contributed by atoms with Crippen molar-refractivity contribution in [1.82, 2.24) is 0 Å². The highest BCUT2D eigenvalue weighted by Gasteiger charge is 2.17. The smallest absolute Gasteiger partial charge is 0.265 e. The average Bonchev–Trinajstić information content (AvgIpc) is 2.57. The molecule has 0 aromatic heterocycles. The third-order valence-corrected chi connectivity index (χ3v) is 4.77. The van der Waals surface area contributed by atoms with Gasteiger partial charge < -0.3 is 10.1 Å². The van der Waals surface area contributed by atoms with Crippen molar-refractivity contribution < 1.29 is 9.53 Å². The van der Waals surface area contributed by atoms with Crippen LogP contribution in [0.2, 0.25) is 0 Å². The molecule has 0 saturated carbocycles. The Morgan fingerprint density at radius 1 is 1.20 bits per heavy atom. The lowest BCUT2D eigenvalue weighted by molar-refractivity contribution is -0.122. The molecular weight excluding hydrogens is 378 g/mol. The molecule has 0 fully saturated rings. The Kier molecular flexibility index (Phi) is 7.06. The van der Waals surface area contributed by atoms with E-state index in [0.717, 1.165) is 27.9 Å². The van der Waals surface area contributed by atoms with Crippen LogP contribution in [0.15, 0.2) is 40.9 Å². The van der Waals surface area contributed by atoms with Gasteiger partial charge in [0, 0.05) is 4.47 Å². The number of nitrogens with one attached hydrogen (secondary N) is 1. The molecule has 0 aliphatic heterocycles. The zero-order valence-corrected chi connectivity index (χ0v) is 16.9. The quantitative estimate of drug-likeness (QED) is 0.632. The van der Waals surface area contributed by atoms with E-state index in [-0.39, 0.29) is 5.91 Å². The molecule has 0 aliphatic carbocycles. The zero-order valence-electron chi connectivity index (χ0n) is 15.4. The molecule has 1 atom stereocenters. The SMILES string of the molecule is CCCCc1ccc(NC(=O)C(C)Oc2ccc(C)cc2C)c(Br)c1. The molecule has 1 amide bonds. The van der Waals surface area contributed by atoms with Crippen LogP contribution in [0.3, 0.4) is 0 Å². The third kappa shape index (κ3) is 5.60. The summed E-state index contributed by atoms with van der Waals surface area (Å²) in [6.07, 6.45) is 2.81. The minimum Gasteiger partial charge on any atom is -0.481 e. The van der Waals surface area contributed by atoms with Crippen molar-refractivity contribution in [2.45, 2.75) is 53.1 Å². The van der Waals surface area contributed by atoms with Crippen molar-refractivity contribution in [1.29, 1.82) is 0 Å². The Labute approximate surface area is 158 Å². The van der Waals surface area contributed by atoms with Gasteiger partial charge in [-0.3, -0.25) is 4.79 Å². The fraction of sp³-hybridized carbons (Fsp3) is 0.381. The van der Waals surface area contributed by atoms with Crippen LogP contribution in [0.4, 0.5) is 5.69 Å². The molecule has 1 N–H and O–H groups in total. The van der Waals surface area contributed by atoms with Crippen LogP contribution in [0.1, 0.15) is 43.4 Å². The number of carbonyl (C=O) groups is 1. The molecule has 0 aliphatic rings. The van der Waals surface area contributed by atoms with Crippen LogP contribution < -0.4 is 10.1 Å². The first kappa shape index (κ1) is 19.5. The number of aryl methyl sites for hydroxylation is 3. The maximum Gasteiger partial charge on any atom is 0.265 e. The number of halogens is 1. The Morgan fingerprint density at radius 2 is 1.96 bits per heavy atom. The maximum absolute atomic E-state index is 12.4. The lowest BCUT2D eigenvalue weighted by Gasteiger charge is -2.17. The summed E-state index contributed by atoms with van der Waals surface area (Å²) in [5.74, 6) is 0.573. The third-order valence-electron chi connectivity index (χ3n) is 4.11. The first-order valence-corrected chi connectivity index (χ1v) is 9.53. The van der Waals surface area contributed by atoms with E-state index < -0.39 is 6.10 Å². The van der Waals surface area contributed by atoms with Crippen molar-refractivity contribution in [3.05, 3.63) is 57.6 Å². The monoisotopic (exact) mass is 403 g/mol. The molecule has 0 bridgehead atoms. The number of carbonyl (C=O) groups excluding carboxylic acids is 1. The molecular formula is C21H26BrNO2. The topological polar surface area (TPSA) is 38.3 Å². The number of hydrogen-bond donors (Lipinski definition) is 1. The molecule has 3 nitrogen and oxygen atoms in total. The van der Waals surface area contributed by atoms with Crippen molar-refractivity contribution in [3.63, 3.8) is 0 Å². The molecule has 2 rings (SSSR count). The highest BCUT2D eigenvalue weighted by atomic mass is 79.9. The number of rotatable bonds is 7. The number of anilines is 1. The van der Waals surface area contributed by atoms with Gasteiger partial charge in [0.25, 0.3) is 5.91 Å². The normalized spacial score (nSPS) is 11.9. The van der Waals surface area contributed by atoms with Crippen molar-refractivity contribution >= 4 is 27.5 Å². The van der Waals surface area contributed by atoms with Crippen LogP contribution in [-0.2, 0) is 11.2 Å². The van der Waals surface area contributed by atoms with Crippen molar-refractivity contribution in [3.8, 4) is 5.75 Å². The lowest BCUT2D eigenvalue weighted by atomic mass is 10.1. The van der Waals surface area contributed by atoms with E-state index in [9.17, 15) is 4.79 Å². The molecule has 2 aromatic carbocycles. The number of benzene rings is 2. The number of unbranched alkanes of at least 4 members (excludes halogenated alkanes) is 1. The summed E-state index contributed by atoms with van der Waals surface area (Å²) in [6.45, 7) is 7.96. The Hall–Kier alpha value is -1.81. The first-order valence-electron chi connectivity index (χ1n) is 8.74. The molecule has 1 unspecified atom stereocenters. The van der Waals surface area contributed by atoms with Crippen LogP contribution in [0.25, 0.3) is 0 Å². The van der Waals surface area contributed by atoms with E-state index in [2.05, 4.69) is 40.3 Å². The molecule has 134 valence electrons. The van der Waals surface area contributed by atoms with Crippen LogP contribution in [0, 0.1) is 13.8 Å². The molecule has 0 spiro atoms. The number of amides is 1. The highest BCUT2D eigenvalue weighted by Crippen LogP contribution is 2.25. The second-order valence-corrected chi connectivity index (χ2v) is 7.29. The standard InChI is InChI=1S/C21H26BrNO2/c1-5-6-7-17-9-10-19(18(22)13-17)23-21(24)16(4)25-20-11-8-14(2)12-15(20)3/h8-13,16H,5-7H2,1-4H3,(H,23,24). The van der Waals surface area contributed by atoms with Gasteiger partial charge >= 0.3 is 0 Å². The summed E-state index contributed by atoms with van der Waals surface area (Å²) >= 11 is 3.55. The fourth-order valence-electron chi connectivity index (χ4n) is 2.61. The summed E-state index contributed by atoms with van der Waals surface area (Å²) in [6, 6.07) is 12.0. The number of hydrogen-bond acceptors (Lipinski definition) is 2. The minimum atomic E-state index is -0.576. The predicted molar refractivity (Wildman–Crippen MR) is 107 cm³/mol. The summed E-state index contributed by atoms with van der Waals surface area (Å²) in [5.41, 5.74) is 4.24. The minimum absolute atomic E-state index is 0.165. The highest BCUT2D eigenvalue weighted by molar-refractivity contribution is 9.10. The second kappa shape index (κ2) is 9.04. The van der Waals surface area contributed by atoms with E-state index in [1.807, 2.05) is 38.1 Å². The molecule has 2 aromatic rings. The van der Waals surface area contributed by atoms with Crippen LogP contribution >= 0.6 is 15.9 Å². The largest absolute Gasteiger partial charge is 0.481 e. The number of ether oxygens (including phenoxy) is 1. The first-order chi connectivity index (χ1) is 11.9. The summed E-state index contributed by atoms with van der Waals surface area (Å²) in [4.78, 5) is 12.4. The summed E-state index contributed by atoms with van der Waals surface area (Å²) < 4.78 is 6.72. The second-order valence-electron chi connectivity index (χ2n) is 6.44. The van der Waals surface area contributed by atoms with E-state index >= 15 is 0 Å². The summed E-state index contributed by atoms with van der Waals surface area (Å²) in [7, 11) is 0. The van der Waals surface area contributed by atoms with Gasteiger partial charge in [-0.25, -0.2) is 0 Å². The van der Waals surface area contributed by atoms with Gasteiger partial charge in [0.2, 0.25) is 0 Å². The van der Waals surface area contributed by atoms with Gasteiger partial charge in [-0.15, -0.1) is 0 Å². The molecule has 0 heterocycles. The van der Waals surface area contributed by atoms with Gasteiger partial charge in [0.15, 0.2) is 6.10 Å². The zero-order chi connectivity index (χ0) is 18.4. The van der Waals surface area contributed by atoms with E-state index in [0.29, 0.717) is 0 Å². The van der Waals surface area contributed by atoms with E-state index in [1.165, 1.54) is 24.0 Å². The van der Waals surface area contributed by atoms with Crippen LogP contribution in [-0.4, -0.2) is 12.0 Å². The predicted octanol–water partition coefficient (Wildman–Crippen LogP) is 5.81. The lowest BCUT2D eigenvalue weighted by Crippen LogP contribution is -2.30. The molecule has 4 heteroatoms. The fourth-order valence-corrected chi connectivity index (χ4v) is 3.13. The van der Waals surface area contributed by atoms with Crippen LogP contribution in [0.5, 0.6) is 5.75 Å². The molecule has 0 saturated heterocycles.